The fourth-order valence-electron chi connectivity index (χ4n) is 1.09. The second kappa shape index (κ2) is 7.25. The maximum atomic E-state index is 11.6. The van der Waals surface area contributed by atoms with Crippen molar-refractivity contribution in [1.29, 1.82) is 0 Å². The third-order valence-corrected chi connectivity index (χ3v) is 2.13. The van der Waals surface area contributed by atoms with Crippen LogP contribution in [0.4, 0.5) is 0 Å². The molecule has 0 spiro atoms. The number of unbranched alkanes of at least 4 members (excludes halogenated alkanes) is 2. The minimum absolute atomic E-state index is 0.256. The molecule has 0 aromatic heterocycles. The van der Waals surface area contributed by atoms with Crippen molar-refractivity contribution >= 4 is 11.9 Å². The Morgan fingerprint density at radius 2 is 1.75 bits per heavy atom. The summed E-state index contributed by atoms with van der Waals surface area (Å²) in [5.41, 5.74) is -1.18. The Hall–Kier alpha value is -1.06. The number of hydrogen-bond acceptors (Lipinski definition) is 4. The van der Waals surface area contributed by atoms with Crippen LogP contribution in [0.3, 0.4) is 0 Å². The van der Waals surface area contributed by atoms with Crippen LogP contribution in [0.5, 0.6) is 0 Å². The molecule has 0 amide bonds. The fourth-order valence-corrected chi connectivity index (χ4v) is 1.09. The predicted molar refractivity (Wildman–Crippen MR) is 60.9 cm³/mol. The van der Waals surface area contributed by atoms with E-state index in [0.717, 1.165) is 19.3 Å². The van der Waals surface area contributed by atoms with Crippen LogP contribution in [-0.2, 0) is 19.1 Å². The number of hydrogen-bond donors (Lipinski definition) is 0. The van der Waals surface area contributed by atoms with Gasteiger partial charge in [0.25, 0.3) is 0 Å². The molecule has 0 fully saturated rings. The van der Waals surface area contributed by atoms with Gasteiger partial charge in [-0.15, -0.1) is 0 Å². The monoisotopic (exact) mass is 230 g/mol. The summed E-state index contributed by atoms with van der Waals surface area (Å²) < 4.78 is 10.0. The molecular weight excluding hydrogens is 208 g/mol. The van der Waals surface area contributed by atoms with E-state index in [2.05, 4.69) is 6.92 Å². The van der Waals surface area contributed by atoms with Crippen molar-refractivity contribution in [3.8, 4) is 0 Å². The normalized spacial score (nSPS) is 11.0. The van der Waals surface area contributed by atoms with E-state index < -0.39 is 17.5 Å². The van der Waals surface area contributed by atoms with Gasteiger partial charge in [0.15, 0.2) is 0 Å². The van der Waals surface area contributed by atoms with Gasteiger partial charge in [0.1, 0.15) is 0 Å². The first-order valence-electron chi connectivity index (χ1n) is 5.83. The van der Waals surface area contributed by atoms with Gasteiger partial charge < -0.3 is 9.47 Å². The number of ether oxygens (including phenoxy) is 2. The second-order valence-corrected chi connectivity index (χ2v) is 4.18. The first-order chi connectivity index (χ1) is 7.44. The maximum absolute atomic E-state index is 11.6. The van der Waals surface area contributed by atoms with Gasteiger partial charge in [0, 0.05) is 6.42 Å². The van der Waals surface area contributed by atoms with Crippen molar-refractivity contribution in [2.45, 2.75) is 59.0 Å². The van der Waals surface area contributed by atoms with Crippen molar-refractivity contribution in [3.05, 3.63) is 0 Å². The molecular formula is C12H22O4. The van der Waals surface area contributed by atoms with Gasteiger partial charge in [-0.1, -0.05) is 26.7 Å². The van der Waals surface area contributed by atoms with Crippen molar-refractivity contribution in [1.82, 2.24) is 0 Å². The zero-order chi connectivity index (χ0) is 12.6. The van der Waals surface area contributed by atoms with Gasteiger partial charge in [-0.2, -0.15) is 0 Å². The Kier molecular flexibility index (Phi) is 6.77. The van der Waals surface area contributed by atoms with Crippen molar-refractivity contribution in [3.63, 3.8) is 0 Å². The summed E-state index contributed by atoms with van der Waals surface area (Å²) in [6.07, 6.45) is 3.21. The molecule has 4 heteroatoms. The molecule has 16 heavy (non-hydrogen) atoms. The minimum atomic E-state index is -1.18. The van der Waals surface area contributed by atoms with Crippen LogP contribution in [0.25, 0.3) is 0 Å². The summed E-state index contributed by atoms with van der Waals surface area (Å²) >= 11 is 0. The number of esters is 2. The van der Waals surface area contributed by atoms with Gasteiger partial charge >= 0.3 is 11.9 Å². The van der Waals surface area contributed by atoms with Crippen LogP contribution in [0, 0.1) is 0 Å². The number of carbonyl (C=O) groups is 2. The van der Waals surface area contributed by atoms with Crippen LogP contribution in [0.2, 0.25) is 0 Å². The van der Waals surface area contributed by atoms with Crippen molar-refractivity contribution in [2.75, 3.05) is 6.61 Å². The average molecular weight is 230 g/mol. The van der Waals surface area contributed by atoms with E-state index in [1.807, 2.05) is 0 Å². The summed E-state index contributed by atoms with van der Waals surface area (Å²) in [5, 5.41) is 0. The topological polar surface area (TPSA) is 52.6 Å². The minimum Gasteiger partial charge on any atom is -0.463 e. The van der Waals surface area contributed by atoms with Gasteiger partial charge in [-0.05, 0) is 20.3 Å². The smallest absolute Gasteiger partial charge is 0.350 e. The standard InChI is InChI=1S/C12H22O4/c1-5-7-8-9-15-11(14)12(3,4)16-10(13)6-2/h5-9H2,1-4H3. The molecule has 0 bridgehead atoms. The van der Waals surface area contributed by atoms with Crippen molar-refractivity contribution in [2.24, 2.45) is 0 Å². The Balaban J connectivity index is 3.99. The predicted octanol–water partition coefficient (Wildman–Crippen LogP) is 2.45. The highest BCUT2D eigenvalue weighted by Crippen LogP contribution is 2.13. The molecule has 94 valence electrons. The lowest BCUT2D eigenvalue weighted by Crippen LogP contribution is -2.38. The molecule has 0 radical (unpaired) electrons. The van der Waals surface area contributed by atoms with Gasteiger partial charge in [-0.3, -0.25) is 4.79 Å². The zero-order valence-electron chi connectivity index (χ0n) is 10.7. The van der Waals surface area contributed by atoms with Crippen molar-refractivity contribution < 1.29 is 19.1 Å². The molecule has 0 heterocycles. The Morgan fingerprint density at radius 1 is 1.12 bits per heavy atom. The van der Waals surface area contributed by atoms with Gasteiger partial charge in [0.2, 0.25) is 5.60 Å². The highest BCUT2D eigenvalue weighted by atomic mass is 16.6. The summed E-state index contributed by atoms with van der Waals surface area (Å²) in [6, 6.07) is 0. The molecule has 0 unspecified atom stereocenters. The van der Waals surface area contributed by atoms with Crippen LogP contribution in [0.15, 0.2) is 0 Å². The second-order valence-electron chi connectivity index (χ2n) is 4.18. The lowest BCUT2D eigenvalue weighted by molar-refractivity contribution is -0.178. The molecule has 0 aliphatic heterocycles. The highest BCUT2D eigenvalue weighted by Gasteiger charge is 2.33. The van der Waals surface area contributed by atoms with Crippen LogP contribution in [-0.4, -0.2) is 24.1 Å². The summed E-state index contributed by atoms with van der Waals surface area (Å²) in [5.74, 6) is -0.874. The molecule has 0 saturated heterocycles. The SMILES string of the molecule is CCCCCOC(=O)C(C)(C)OC(=O)CC. The van der Waals surface area contributed by atoms with Crippen LogP contribution < -0.4 is 0 Å². The molecule has 0 aliphatic rings. The van der Waals surface area contributed by atoms with Gasteiger partial charge in [0.05, 0.1) is 6.61 Å². The van der Waals surface area contributed by atoms with E-state index in [0.29, 0.717) is 6.61 Å². The van der Waals surface area contributed by atoms with E-state index in [-0.39, 0.29) is 6.42 Å². The van der Waals surface area contributed by atoms with Crippen LogP contribution in [0.1, 0.15) is 53.4 Å². The Morgan fingerprint density at radius 3 is 2.25 bits per heavy atom. The number of carbonyl (C=O) groups excluding carboxylic acids is 2. The lowest BCUT2D eigenvalue weighted by Gasteiger charge is -2.22. The molecule has 4 nitrogen and oxygen atoms in total. The first kappa shape index (κ1) is 14.9. The maximum Gasteiger partial charge on any atom is 0.350 e. The van der Waals surface area contributed by atoms with E-state index in [9.17, 15) is 9.59 Å². The average Bonchev–Trinajstić information content (AvgIpc) is 2.23. The molecule has 0 aliphatic carbocycles. The van der Waals surface area contributed by atoms with E-state index >= 15 is 0 Å². The molecule has 0 aromatic rings. The highest BCUT2D eigenvalue weighted by molar-refractivity contribution is 5.82. The molecule has 0 rings (SSSR count). The largest absolute Gasteiger partial charge is 0.463 e. The fraction of sp³-hybridized carbons (Fsp3) is 0.833. The summed E-state index contributed by atoms with van der Waals surface area (Å²) in [6.45, 7) is 7.24. The van der Waals surface area contributed by atoms with E-state index in [4.69, 9.17) is 9.47 Å². The van der Waals surface area contributed by atoms with E-state index in [1.54, 1.807) is 20.8 Å². The molecule has 0 N–H and O–H groups in total. The molecule has 0 aromatic carbocycles. The van der Waals surface area contributed by atoms with Gasteiger partial charge in [-0.25, -0.2) is 4.79 Å². The third-order valence-electron chi connectivity index (χ3n) is 2.13. The quantitative estimate of drug-likeness (QED) is 0.498. The number of rotatable bonds is 7. The van der Waals surface area contributed by atoms with Crippen LogP contribution >= 0.6 is 0 Å². The third kappa shape index (κ3) is 5.73. The molecule has 0 atom stereocenters. The zero-order valence-corrected chi connectivity index (χ0v) is 10.7. The first-order valence-corrected chi connectivity index (χ1v) is 5.83. The molecule has 0 saturated carbocycles. The summed E-state index contributed by atoms with van der Waals surface area (Å²) in [7, 11) is 0. The summed E-state index contributed by atoms with van der Waals surface area (Å²) in [4.78, 5) is 22.7. The Bertz CT molecular complexity index is 233. The Labute approximate surface area is 97.3 Å². The van der Waals surface area contributed by atoms with E-state index in [1.165, 1.54) is 0 Å². The lowest BCUT2D eigenvalue weighted by atomic mass is 10.1.